The van der Waals surface area contributed by atoms with E-state index in [1.54, 1.807) is 30.0 Å². The molecule has 113 heavy (non-hydrogen) atoms. The van der Waals surface area contributed by atoms with Crippen LogP contribution in [-0.4, -0.2) is 282 Å². The predicted octanol–water partition coefficient (Wildman–Crippen LogP) is 2.76. The van der Waals surface area contributed by atoms with Gasteiger partial charge in [-0.15, -0.1) is 0 Å². The zero-order valence-corrected chi connectivity index (χ0v) is 66.5. The van der Waals surface area contributed by atoms with Crippen LogP contribution in [0.5, 0.6) is 11.5 Å². The molecule has 14 N–H and O–H groups in total. The Hall–Kier alpha value is -8.67. The second-order valence-corrected chi connectivity index (χ2v) is 30.5. The van der Waals surface area contributed by atoms with Crippen LogP contribution in [0.25, 0.3) is 26.8 Å². The Morgan fingerprint density at radius 2 is 1.45 bits per heavy atom. The van der Waals surface area contributed by atoms with Gasteiger partial charge in [0.15, 0.2) is 11.5 Å². The fraction of sp³-hybridized carbons (Fsp3) is 0.579. The number of amides is 8. The number of fused-ring (bicyclic) bond motifs is 3. The van der Waals surface area contributed by atoms with Crippen molar-refractivity contribution in [3.63, 3.8) is 0 Å². The molecule has 0 bridgehead atoms. The molecule has 8 amide bonds. The third-order valence-corrected chi connectivity index (χ3v) is 21.5. The number of alkyl carbamates (subject to hydrolysis) is 1. The Kier molecular flexibility index (Phi) is 34.8. The number of aliphatic hydroxyl groups is 6. The molecular weight excluding hydrogens is 1510 g/mol. The highest BCUT2D eigenvalue weighted by molar-refractivity contribution is 7.90. The van der Waals surface area contributed by atoms with Gasteiger partial charge in [-0.1, -0.05) is 78.3 Å². The monoisotopic (exact) mass is 1620 g/mol. The van der Waals surface area contributed by atoms with Crippen LogP contribution in [0.15, 0.2) is 85.6 Å². The van der Waals surface area contributed by atoms with Gasteiger partial charge in [-0.2, -0.15) is 5.10 Å². The Labute approximate surface area is 664 Å². The third-order valence-electron chi connectivity index (χ3n) is 20.1. The average molecular weight is 1620 g/mol. The number of nitrogens with zero attached hydrogens (tertiary/aromatic N) is 7. The second-order valence-electron chi connectivity index (χ2n) is 29.1. The van der Waals surface area contributed by atoms with Crippen LogP contribution in [0.2, 0.25) is 0 Å². The molecule has 4 aliphatic rings. The highest BCUT2D eigenvalue weighted by Crippen LogP contribution is 2.34. The fourth-order valence-electron chi connectivity index (χ4n) is 14.1. The van der Waals surface area contributed by atoms with Crippen LogP contribution >= 0.6 is 23.7 Å². The third kappa shape index (κ3) is 25.2. The molecule has 6 heterocycles. The summed E-state index contributed by atoms with van der Waals surface area (Å²) < 4.78 is 27.3. The van der Waals surface area contributed by atoms with E-state index in [1.807, 2.05) is 12.1 Å². The topological polar surface area (TPSA) is 469 Å². The minimum atomic E-state index is -2.18. The normalized spacial score (nSPS) is 23.3. The number of unbranched alkanes of at least 4 members (excludes halogenated alkanes) is 3. The number of nitrogens with one attached hydrogen (secondary N) is 6. The summed E-state index contributed by atoms with van der Waals surface area (Å²) in [4.78, 5) is 127. The summed E-state index contributed by atoms with van der Waals surface area (Å²) in [5, 5.41) is 112. The number of benzene rings is 3. The predicted molar refractivity (Wildman–Crippen MR) is 416 cm³/mol. The number of aliphatic hydroxyl groups excluding tert-OH is 6. The summed E-state index contributed by atoms with van der Waals surface area (Å²) in [6, 6.07) is 7.74. The van der Waals surface area contributed by atoms with Gasteiger partial charge in [0, 0.05) is 119 Å². The molecule has 0 radical (unpaired) electrons. The van der Waals surface area contributed by atoms with Crippen LogP contribution in [-0.2, 0) is 58.8 Å². The first-order valence-corrected chi connectivity index (χ1v) is 39.5. The van der Waals surface area contributed by atoms with E-state index >= 15 is 4.79 Å². The minimum Gasteiger partial charge on any atom is -0.504 e. The zero-order valence-electron chi connectivity index (χ0n) is 64.8. The maximum atomic E-state index is 15.0. The Bertz CT molecular complexity index is 3900. The number of β-amino-alcohol motifs (C(OH)–C–C–N with tert-alkyl or cyclic N) is 1. The molecule has 0 spiro atoms. The first-order chi connectivity index (χ1) is 54.0. The number of imidazole rings is 1. The summed E-state index contributed by atoms with van der Waals surface area (Å²) in [6.45, 7) is 19.5. The molecule has 0 unspecified atom stereocenters. The summed E-state index contributed by atoms with van der Waals surface area (Å²) >= 11 is 1.45. The van der Waals surface area contributed by atoms with E-state index in [-0.39, 0.29) is 48.5 Å². The van der Waals surface area contributed by atoms with Crippen molar-refractivity contribution in [3.8, 4) is 33.3 Å². The number of phenols is 1. The van der Waals surface area contributed by atoms with E-state index < -0.39 is 177 Å². The van der Waals surface area contributed by atoms with Crippen LogP contribution in [0.3, 0.4) is 0 Å². The molecule has 4 fully saturated rings. The van der Waals surface area contributed by atoms with Crippen molar-refractivity contribution in [2.75, 3.05) is 77.6 Å². The number of methoxy groups -OCH3 is 1. The second kappa shape index (κ2) is 43.7. The van der Waals surface area contributed by atoms with Gasteiger partial charge in [0.25, 0.3) is 18.2 Å². The first-order valence-electron chi connectivity index (χ1n) is 38.1. The van der Waals surface area contributed by atoms with Gasteiger partial charge in [-0.25, -0.2) is 19.6 Å². The minimum absolute atomic E-state index is 0.00871. The number of ether oxygens (including phenoxy) is 3. The number of carbonyl (C=O) groups excluding carboxylic acids is 8. The van der Waals surface area contributed by atoms with Crippen LogP contribution in [0.1, 0.15) is 122 Å². The molecule has 3 aromatic carbocycles. The highest BCUT2D eigenvalue weighted by Gasteiger charge is 2.50. The number of aromatic hydroxyl groups is 1. The number of piperidine rings is 1. The number of hydrogen-bond donors (Lipinski definition) is 14. The molecule has 0 aliphatic carbocycles. The van der Waals surface area contributed by atoms with Gasteiger partial charge in [0.1, 0.15) is 47.9 Å². The number of phenolic OH excluding ortho intramolecular Hbond substituents is 1. The van der Waals surface area contributed by atoms with Crippen molar-refractivity contribution >= 4 is 81.8 Å². The van der Waals surface area contributed by atoms with Crippen LogP contribution in [0, 0.1) is 5.92 Å². The van der Waals surface area contributed by atoms with Gasteiger partial charge in [0.05, 0.1) is 54.6 Å². The van der Waals surface area contributed by atoms with Crippen molar-refractivity contribution in [1.82, 2.24) is 61.2 Å². The van der Waals surface area contributed by atoms with Gasteiger partial charge in [-0.05, 0) is 127 Å². The molecule has 0 saturated carbocycles. The lowest BCUT2D eigenvalue weighted by Crippen LogP contribution is -2.64. The number of hydrogen-bond acceptors (Lipinski definition) is 28. The molecule has 35 nitrogen and oxygen atoms in total. The molecule has 13 atom stereocenters. The Morgan fingerprint density at radius 1 is 0.788 bits per heavy atom. The Balaban J connectivity index is 0.00000167. The standard InChI is InChI=1S/C68H90N12O22S2.C8H19N/c1-5-26-99-68(95)69-23-20-51(85)56-66(94)79-34-37(2)58(87)57(79)63(92)70-33-44(82)31-47(60(89)73-54(38(3)81)65(93)78-35-45(83)32-49(78)61(90)74-55(62(91)75-56)52(86)29-39-10-19-50(84)53(30-39)100-104-102-101-96)71-59(88)41-13-11-40(12-14-41)48-36-80-67(72-48)103-64(76-80)42-15-17-43(18-16-42)77-24-21-46(22-25-77)98-28-9-7-6-8-27-97-4;1-6-9(7(2)3)8(4)5/h5,10-19,30,36-38,44-47,49,51-52,54-58,81-87,96H,1,6-9,20-29,31-35H2,2-4H3,(H,69,95)(H,70,92)(H,71,88)(H,73,89)(H,74,90)(H,75,91);7-8H,6H2,1-5H3/t37-,38+,44+,45-,47+,49+,51-,52-,54+,55+,56+,57+,58+;/m1./s1. The molecule has 37 heteroatoms. The van der Waals surface area contributed by atoms with Gasteiger partial charge in [-0.3, -0.25) is 38.5 Å². The summed E-state index contributed by atoms with van der Waals surface area (Å²) in [5.41, 5.74) is 3.25. The number of anilines is 1. The van der Waals surface area contributed by atoms with Crippen molar-refractivity contribution in [1.29, 1.82) is 0 Å². The molecule has 9 rings (SSSR count). The van der Waals surface area contributed by atoms with E-state index in [0.717, 1.165) is 116 Å². The molecular formula is C76H109N13O22S2. The summed E-state index contributed by atoms with van der Waals surface area (Å²) in [6.07, 6.45) is -4.33. The van der Waals surface area contributed by atoms with Gasteiger partial charge in [0.2, 0.25) is 40.4 Å². The number of carbonyl (C=O) groups is 8. The first kappa shape index (κ1) is 89.9. The molecule has 4 aliphatic heterocycles. The van der Waals surface area contributed by atoms with E-state index in [4.69, 9.17) is 33.7 Å². The molecule has 2 aromatic heterocycles. The number of rotatable bonds is 30. The van der Waals surface area contributed by atoms with Crippen molar-refractivity contribution < 1.29 is 107 Å². The summed E-state index contributed by atoms with van der Waals surface area (Å²) in [5.74, 6) is -9.74. The maximum Gasteiger partial charge on any atom is 0.407 e. The van der Waals surface area contributed by atoms with Crippen molar-refractivity contribution in [2.45, 2.75) is 204 Å². The average Bonchev–Trinajstić information content (AvgIpc) is 1.65. The number of aromatic nitrogens is 3. The van der Waals surface area contributed by atoms with Crippen molar-refractivity contribution in [2.24, 2.45) is 5.92 Å². The lowest BCUT2D eigenvalue weighted by molar-refractivity contribution is -0.433. The zero-order chi connectivity index (χ0) is 82.2. The largest absolute Gasteiger partial charge is 0.504 e. The lowest BCUT2D eigenvalue weighted by atomic mass is 9.98. The van der Waals surface area contributed by atoms with E-state index in [1.165, 1.54) is 42.5 Å². The Morgan fingerprint density at radius 3 is 2.09 bits per heavy atom. The van der Waals surface area contributed by atoms with Crippen LogP contribution < -0.4 is 41.0 Å². The van der Waals surface area contributed by atoms with E-state index in [2.05, 4.69) is 104 Å². The molecule has 622 valence electrons. The molecule has 4 saturated heterocycles. The quantitative estimate of drug-likeness (QED) is 0.0103. The highest BCUT2D eigenvalue weighted by atomic mass is 32.2. The fourth-order valence-corrected chi connectivity index (χ4v) is 15.3. The smallest absolute Gasteiger partial charge is 0.407 e. The van der Waals surface area contributed by atoms with Gasteiger partial charge >= 0.3 is 6.09 Å². The molecule has 5 aromatic rings. The van der Waals surface area contributed by atoms with Gasteiger partial charge < -0.3 is 101 Å². The lowest BCUT2D eigenvalue weighted by Gasteiger charge is -2.34. The van der Waals surface area contributed by atoms with E-state index in [0.29, 0.717) is 28.3 Å². The SMILES string of the molecule is C=CCOC(=O)NCC[C@@H](O)[C@@H]1NC(=O)[C@H]([C@H](O)Cc2ccc(O)c(OSOOO)c2)NC(=O)[C@@H]2C[C@@H](O)CN2C(=O)[C@H]([C@H](C)O)NC(=O)[C@@H](NC(=O)c2ccc(-c3cn4nc(-c5ccc(N6CCC(OCCCCCCOC)CC6)cc5)sc4n3)cc2)C[C@H](O)CNC(=O)[C@@H]2[C@@H](O)[C@H](C)CN2C1=O.CCN(C(C)C)C(C)C. The van der Waals surface area contributed by atoms with E-state index in [9.17, 15) is 69.3 Å². The van der Waals surface area contributed by atoms with Crippen molar-refractivity contribution in [3.05, 3.63) is 96.7 Å². The summed E-state index contributed by atoms with van der Waals surface area (Å²) in [7, 11) is 1.72. The maximum absolute atomic E-state index is 15.0. The van der Waals surface area contributed by atoms with Crippen LogP contribution in [0.4, 0.5) is 10.5 Å².